The molecule has 0 fully saturated rings. The van der Waals surface area contributed by atoms with E-state index in [1.165, 1.54) is 6.92 Å². The fourth-order valence-corrected chi connectivity index (χ4v) is 2.63. The number of benzene rings is 1. The maximum Gasteiger partial charge on any atom is 0.433 e. The highest BCUT2D eigenvalue weighted by Gasteiger charge is 2.33. The lowest BCUT2D eigenvalue weighted by atomic mass is 10.1. The van der Waals surface area contributed by atoms with Crippen LogP contribution in [0.5, 0.6) is 0 Å². The summed E-state index contributed by atoms with van der Waals surface area (Å²) in [4.78, 5) is 16.0. The van der Waals surface area contributed by atoms with Gasteiger partial charge in [-0.05, 0) is 49.4 Å². The first-order valence-electron chi connectivity index (χ1n) is 7.55. The molecule has 0 aliphatic rings. The molecule has 134 valence electrons. The second-order valence-electron chi connectivity index (χ2n) is 5.53. The van der Waals surface area contributed by atoms with Gasteiger partial charge in [-0.1, -0.05) is 11.6 Å². The summed E-state index contributed by atoms with van der Waals surface area (Å²) in [6.07, 6.45) is -0.990. The van der Waals surface area contributed by atoms with Crippen molar-refractivity contribution in [1.82, 2.24) is 9.55 Å². The Morgan fingerprint density at radius 3 is 2.46 bits per heavy atom. The van der Waals surface area contributed by atoms with Crippen molar-refractivity contribution in [2.24, 2.45) is 0 Å². The molecule has 1 N–H and O–H groups in total. The van der Waals surface area contributed by atoms with Crippen molar-refractivity contribution in [3.8, 4) is 5.69 Å². The summed E-state index contributed by atoms with van der Waals surface area (Å²) in [7, 11) is 0. The van der Waals surface area contributed by atoms with Crippen molar-refractivity contribution in [3.05, 3.63) is 76.8 Å². The molecule has 0 aliphatic carbocycles. The number of amides is 1. The monoisotopic (exact) mass is 379 g/mol. The molecule has 1 amide bonds. The van der Waals surface area contributed by atoms with Crippen LogP contribution in [0.1, 0.15) is 21.7 Å². The van der Waals surface area contributed by atoms with Crippen LogP contribution in [0.15, 0.2) is 54.9 Å². The molecule has 0 radical (unpaired) electrons. The lowest BCUT2D eigenvalue weighted by Crippen LogP contribution is -2.17. The van der Waals surface area contributed by atoms with Gasteiger partial charge in [0.05, 0.1) is 22.6 Å². The molecule has 26 heavy (non-hydrogen) atoms. The summed E-state index contributed by atoms with van der Waals surface area (Å²) in [5.74, 6) is -0.556. The van der Waals surface area contributed by atoms with E-state index in [-0.39, 0.29) is 11.3 Å². The number of aromatic nitrogens is 2. The SMILES string of the molecule is Cc1nc(C(F)(F)F)ccc1C(=O)Nc1ccc(Cl)cc1-n1cccc1. The summed E-state index contributed by atoms with van der Waals surface area (Å²) >= 11 is 6.03. The molecule has 0 saturated carbocycles. The average Bonchev–Trinajstić information content (AvgIpc) is 3.09. The number of carbonyl (C=O) groups is 1. The highest BCUT2D eigenvalue weighted by atomic mass is 35.5. The van der Waals surface area contributed by atoms with Crippen molar-refractivity contribution in [2.75, 3.05) is 5.32 Å². The molecule has 3 rings (SSSR count). The summed E-state index contributed by atoms with van der Waals surface area (Å²) in [6, 6.07) is 10.5. The fraction of sp³-hybridized carbons (Fsp3) is 0.111. The Kier molecular flexibility index (Phi) is 4.73. The summed E-state index contributed by atoms with van der Waals surface area (Å²) < 4.78 is 39.9. The van der Waals surface area contributed by atoms with Crippen LogP contribution >= 0.6 is 11.6 Å². The van der Waals surface area contributed by atoms with Gasteiger partial charge in [0.2, 0.25) is 0 Å². The summed E-state index contributed by atoms with van der Waals surface area (Å²) in [6.45, 7) is 1.36. The molecule has 2 heterocycles. The van der Waals surface area contributed by atoms with E-state index in [9.17, 15) is 18.0 Å². The van der Waals surface area contributed by atoms with E-state index in [1.54, 1.807) is 35.2 Å². The van der Waals surface area contributed by atoms with Gasteiger partial charge in [-0.2, -0.15) is 13.2 Å². The molecule has 0 spiro atoms. The Morgan fingerprint density at radius 2 is 1.85 bits per heavy atom. The quantitative estimate of drug-likeness (QED) is 0.687. The van der Waals surface area contributed by atoms with Gasteiger partial charge in [0.25, 0.3) is 5.91 Å². The minimum absolute atomic E-state index is 0.00574. The number of pyridine rings is 1. The number of hydrogen-bond acceptors (Lipinski definition) is 2. The van der Waals surface area contributed by atoms with E-state index in [4.69, 9.17) is 11.6 Å². The molecule has 4 nitrogen and oxygen atoms in total. The van der Waals surface area contributed by atoms with Crippen LogP contribution in [-0.4, -0.2) is 15.5 Å². The topological polar surface area (TPSA) is 46.9 Å². The maximum absolute atomic E-state index is 12.7. The van der Waals surface area contributed by atoms with Crippen LogP contribution in [0.2, 0.25) is 5.02 Å². The first kappa shape index (κ1) is 18.0. The van der Waals surface area contributed by atoms with Gasteiger partial charge in [0.1, 0.15) is 5.69 Å². The van der Waals surface area contributed by atoms with Gasteiger partial charge in [-0.3, -0.25) is 4.79 Å². The van der Waals surface area contributed by atoms with E-state index in [1.807, 2.05) is 12.1 Å². The normalized spacial score (nSPS) is 11.4. The van der Waals surface area contributed by atoms with Gasteiger partial charge in [-0.25, -0.2) is 4.98 Å². The van der Waals surface area contributed by atoms with Crippen molar-refractivity contribution in [2.45, 2.75) is 13.1 Å². The third-order valence-electron chi connectivity index (χ3n) is 3.71. The minimum atomic E-state index is -4.56. The molecule has 8 heteroatoms. The first-order valence-corrected chi connectivity index (χ1v) is 7.92. The number of halogens is 4. The summed E-state index contributed by atoms with van der Waals surface area (Å²) in [5.41, 5.74) is 0.120. The zero-order valence-corrected chi connectivity index (χ0v) is 14.3. The van der Waals surface area contributed by atoms with Crippen molar-refractivity contribution < 1.29 is 18.0 Å². The zero-order valence-electron chi connectivity index (χ0n) is 13.5. The smallest absolute Gasteiger partial charge is 0.322 e. The van der Waals surface area contributed by atoms with Crippen molar-refractivity contribution >= 4 is 23.2 Å². The van der Waals surface area contributed by atoms with E-state index in [2.05, 4.69) is 10.3 Å². The number of anilines is 1. The lowest BCUT2D eigenvalue weighted by molar-refractivity contribution is -0.141. The molecule has 3 aromatic rings. The number of hydrogen-bond donors (Lipinski definition) is 1. The second-order valence-corrected chi connectivity index (χ2v) is 5.97. The van der Waals surface area contributed by atoms with Crippen LogP contribution < -0.4 is 5.32 Å². The molecule has 0 bridgehead atoms. The van der Waals surface area contributed by atoms with Gasteiger partial charge in [0, 0.05) is 17.4 Å². The Bertz CT molecular complexity index is 953. The number of carbonyl (C=O) groups excluding carboxylic acids is 1. The van der Waals surface area contributed by atoms with Gasteiger partial charge >= 0.3 is 6.18 Å². The predicted octanol–water partition coefficient (Wildman–Crippen LogP) is 5.11. The van der Waals surface area contributed by atoms with E-state index >= 15 is 0 Å². The van der Waals surface area contributed by atoms with Gasteiger partial charge in [0.15, 0.2) is 0 Å². The number of rotatable bonds is 3. The largest absolute Gasteiger partial charge is 0.433 e. The number of nitrogens with one attached hydrogen (secondary N) is 1. The van der Waals surface area contributed by atoms with E-state index in [0.29, 0.717) is 16.4 Å². The molecule has 1 aromatic carbocycles. The minimum Gasteiger partial charge on any atom is -0.322 e. The summed E-state index contributed by atoms with van der Waals surface area (Å²) in [5, 5.41) is 3.19. The van der Waals surface area contributed by atoms with Crippen molar-refractivity contribution in [1.29, 1.82) is 0 Å². The molecule has 0 atom stereocenters. The number of nitrogens with zero attached hydrogens (tertiary/aromatic N) is 2. The number of alkyl halides is 3. The standard InChI is InChI=1S/C18H13ClF3N3O/c1-11-13(5-7-16(23-11)18(20,21)22)17(26)24-14-6-4-12(19)10-15(14)25-8-2-3-9-25/h2-10H,1H3,(H,24,26). The van der Waals surface area contributed by atoms with Crippen LogP contribution in [0, 0.1) is 6.92 Å². The molecule has 0 unspecified atom stereocenters. The highest BCUT2D eigenvalue weighted by Crippen LogP contribution is 2.29. The predicted molar refractivity (Wildman–Crippen MR) is 92.7 cm³/mol. The van der Waals surface area contributed by atoms with Crippen LogP contribution in [0.25, 0.3) is 5.69 Å². The lowest BCUT2D eigenvalue weighted by Gasteiger charge is -2.14. The second kappa shape index (κ2) is 6.84. The zero-order chi connectivity index (χ0) is 18.9. The van der Waals surface area contributed by atoms with Crippen LogP contribution in [0.3, 0.4) is 0 Å². The Labute approximate surface area is 152 Å². The van der Waals surface area contributed by atoms with Crippen molar-refractivity contribution in [3.63, 3.8) is 0 Å². The van der Waals surface area contributed by atoms with E-state index < -0.39 is 17.8 Å². The van der Waals surface area contributed by atoms with Crippen LogP contribution in [0.4, 0.5) is 18.9 Å². The van der Waals surface area contributed by atoms with Gasteiger partial charge in [-0.15, -0.1) is 0 Å². The first-order chi connectivity index (χ1) is 12.3. The van der Waals surface area contributed by atoms with Gasteiger partial charge < -0.3 is 9.88 Å². The average molecular weight is 380 g/mol. The molecule has 2 aromatic heterocycles. The maximum atomic E-state index is 12.7. The molecular weight excluding hydrogens is 367 g/mol. The molecule has 0 saturated heterocycles. The highest BCUT2D eigenvalue weighted by molar-refractivity contribution is 6.31. The number of aryl methyl sites for hydroxylation is 1. The third-order valence-corrected chi connectivity index (χ3v) is 3.95. The third kappa shape index (κ3) is 3.72. The Morgan fingerprint density at radius 1 is 1.15 bits per heavy atom. The molecule has 0 aliphatic heterocycles. The fourth-order valence-electron chi connectivity index (χ4n) is 2.47. The Hall–Kier alpha value is -2.80. The van der Waals surface area contributed by atoms with Crippen LogP contribution in [-0.2, 0) is 6.18 Å². The van der Waals surface area contributed by atoms with E-state index in [0.717, 1.165) is 12.1 Å². The molecular formula is C18H13ClF3N3O. The Balaban J connectivity index is 1.92.